The molecule has 0 atom stereocenters. The number of carbonyl (C=O) groups is 1. The minimum atomic E-state index is -0.0571. The molecular weight excluding hydrogens is 326 g/mol. The Labute approximate surface area is 156 Å². The fourth-order valence-electron chi connectivity index (χ4n) is 4.01. The van der Waals surface area contributed by atoms with Crippen LogP contribution >= 0.6 is 0 Å². The van der Waals surface area contributed by atoms with Gasteiger partial charge >= 0.3 is 0 Å². The van der Waals surface area contributed by atoms with Crippen LogP contribution in [0.1, 0.15) is 50.8 Å². The van der Waals surface area contributed by atoms with Gasteiger partial charge in [-0.05, 0) is 30.9 Å². The van der Waals surface area contributed by atoms with Crippen LogP contribution in [0, 0.1) is 5.92 Å². The van der Waals surface area contributed by atoms with E-state index in [1.165, 1.54) is 51.2 Å². The highest BCUT2D eigenvalue weighted by atomic mass is 16.5. The van der Waals surface area contributed by atoms with Gasteiger partial charge in [0.15, 0.2) is 0 Å². The van der Waals surface area contributed by atoms with Crippen LogP contribution < -0.4 is 5.32 Å². The van der Waals surface area contributed by atoms with E-state index in [-0.39, 0.29) is 12.5 Å². The Morgan fingerprint density at radius 3 is 2.88 bits per heavy atom. The average Bonchev–Trinajstić information content (AvgIpc) is 3.02. The first kappa shape index (κ1) is 18.9. The number of aromatic nitrogens is 2. The molecule has 1 fully saturated rings. The summed E-state index contributed by atoms with van der Waals surface area (Å²) < 4.78 is 7.24. The fraction of sp³-hybridized carbons (Fsp3) is 0.619. The number of hydrogen-bond acceptors (Lipinski definition) is 3. The van der Waals surface area contributed by atoms with E-state index in [4.69, 9.17) is 9.72 Å². The predicted molar refractivity (Wildman–Crippen MR) is 104 cm³/mol. The van der Waals surface area contributed by atoms with Crippen LogP contribution in [-0.4, -0.2) is 35.7 Å². The van der Waals surface area contributed by atoms with Crippen molar-refractivity contribution in [1.29, 1.82) is 0 Å². The molecule has 1 N–H and O–H groups in total. The van der Waals surface area contributed by atoms with Crippen molar-refractivity contribution in [3.63, 3.8) is 0 Å². The molecule has 1 aromatic carbocycles. The molecule has 1 aromatic heterocycles. The molecule has 0 aliphatic heterocycles. The van der Waals surface area contributed by atoms with Gasteiger partial charge in [-0.15, -0.1) is 0 Å². The molecule has 26 heavy (non-hydrogen) atoms. The maximum atomic E-state index is 11.5. The van der Waals surface area contributed by atoms with Gasteiger partial charge in [0.2, 0.25) is 5.91 Å². The second kappa shape index (κ2) is 9.72. The zero-order valence-electron chi connectivity index (χ0n) is 15.9. The first-order chi connectivity index (χ1) is 12.8. The summed E-state index contributed by atoms with van der Waals surface area (Å²) in [5.41, 5.74) is 2.32. The molecule has 0 bridgehead atoms. The molecule has 0 radical (unpaired) electrons. The van der Waals surface area contributed by atoms with Gasteiger partial charge in [-0.2, -0.15) is 0 Å². The Morgan fingerprint density at radius 2 is 2.08 bits per heavy atom. The molecule has 1 aliphatic carbocycles. The minimum Gasteiger partial charge on any atom is -0.375 e. The van der Waals surface area contributed by atoms with Crippen LogP contribution in [0.25, 0.3) is 11.0 Å². The lowest BCUT2D eigenvalue weighted by atomic mass is 9.87. The van der Waals surface area contributed by atoms with Crippen LogP contribution in [0.3, 0.4) is 0 Å². The van der Waals surface area contributed by atoms with E-state index in [9.17, 15) is 4.79 Å². The lowest BCUT2D eigenvalue weighted by Gasteiger charge is -2.22. The summed E-state index contributed by atoms with van der Waals surface area (Å²) in [4.78, 5) is 16.3. The van der Waals surface area contributed by atoms with Crippen LogP contribution in [0.4, 0.5) is 0 Å². The maximum absolute atomic E-state index is 11.5. The first-order valence-electron chi connectivity index (χ1n) is 9.97. The average molecular weight is 357 g/mol. The molecule has 3 rings (SSSR count). The number of methoxy groups -OCH3 is 1. The Bertz CT molecular complexity index is 704. The van der Waals surface area contributed by atoms with Crippen molar-refractivity contribution in [1.82, 2.24) is 14.9 Å². The highest BCUT2D eigenvalue weighted by Crippen LogP contribution is 2.28. The number of hydrogen-bond donors (Lipinski definition) is 1. The molecule has 5 heteroatoms. The molecule has 1 amide bonds. The SMILES string of the molecule is COCC(=O)NCCCc1nc2ccccc2n1CCC1CCCCC1. The monoisotopic (exact) mass is 357 g/mol. The third kappa shape index (κ3) is 5.07. The van der Waals surface area contributed by atoms with E-state index in [1.807, 2.05) is 0 Å². The highest BCUT2D eigenvalue weighted by molar-refractivity contribution is 5.77. The second-order valence-corrected chi connectivity index (χ2v) is 7.35. The molecule has 1 saturated carbocycles. The van der Waals surface area contributed by atoms with Gasteiger partial charge < -0.3 is 14.6 Å². The van der Waals surface area contributed by atoms with Crippen LogP contribution in [0.5, 0.6) is 0 Å². The Morgan fingerprint density at radius 1 is 1.27 bits per heavy atom. The Balaban J connectivity index is 1.61. The quantitative estimate of drug-likeness (QED) is 0.696. The summed E-state index contributed by atoms with van der Waals surface area (Å²) in [5.74, 6) is 1.95. The summed E-state index contributed by atoms with van der Waals surface area (Å²) in [7, 11) is 1.54. The van der Waals surface area contributed by atoms with E-state index in [0.717, 1.165) is 36.6 Å². The lowest BCUT2D eigenvalue weighted by Crippen LogP contribution is -2.28. The van der Waals surface area contributed by atoms with Crippen molar-refractivity contribution in [2.45, 2.75) is 57.9 Å². The minimum absolute atomic E-state index is 0.0571. The Kier molecular flexibility index (Phi) is 7.06. The van der Waals surface area contributed by atoms with Crippen molar-refractivity contribution in [3.8, 4) is 0 Å². The summed E-state index contributed by atoms with van der Waals surface area (Å²) in [6.07, 6.45) is 9.98. The number of nitrogens with one attached hydrogen (secondary N) is 1. The topological polar surface area (TPSA) is 56.1 Å². The van der Waals surface area contributed by atoms with Crippen molar-refractivity contribution in [3.05, 3.63) is 30.1 Å². The van der Waals surface area contributed by atoms with E-state index >= 15 is 0 Å². The fourth-order valence-corrected chi connectivity index (χ4v) is 4.01. The number of carbonyl (C=O) groups excluding carboxylic acids is 1. The number of rotatable bonds is 9. The van der Waals surface area contributed by atoms with E-state index in [1.54, 1.807) is 0 Å². The van der Waals surface area contributed by atoms with Crippen LogP contribution in [0.15, 0.2) is 24.3 Å². The Hall–Kier alpha value is -1.88. The van der Waals surface area contributed by atoms with Crippen molar-refractivity contribution < 1.29 is 9.53 Å². The van der Waals surface area contributed by atoms with Crippen molar-refractivity contribution in [2.75, 3.05) is 20.3 Å². The van der Waals surface area contributed by atoms with Gasteiger partial charge in [0.05, 0.1) is 11.0 Å². The van der Waals surface area contributed by atoms with E-state index in [0.29, 0.717) is 6.54 Å². The van der Waals surface area contributed by atoms with Gasteiger partial charge in [0, 0.05) is 26.6 Å². The third-order valence-electron chi connectivity index (χ3n) is 5.39. The number of para-hydroxylation sites is 2. The van der Waals surface area contributed by atoms with Gasteiger partial charge in [-0.25, -0.2) is 4.98 Å². The van der Waals surface area contributed by atoms with Gasteiger partial charge in [-0.3, -0.25) is 4.79 Å². The van der Waals surface area contributed by atoms with Crippen molar-refractivity contribution >= 4 is 16.9 Å². The van der Waals surface area contributed by atoms with E-state index < -0.39 is 0 Å². The number of nitrogens with zero attached hydrogens (tertiary/aromatic N) is 2. The second-order valence-electron chi connectivity index (χ2n) is 7.35. The van der Waals surface area contributed by atoms with Gasteiger partial charge in [-0.1, -0.05) is 44.2 Å². The summed E-state index contributed by atoms with van der Waals surface area (Å²) in [6.45, 7) is 1.84. The highest BCUT2D eigenvalue weighted by Gasteiger charge is 2.16. The number of benzene rings is 1. The normalized spacial score (nSPS) is 15.4. The third-order valence-corrected chi connectivity index (χ3v) is 5.39. The van der Waals surface area contributed by atoms with Crippen LogP contribution in [0.2, 0.25) is 0 Å². The maximum Gasteiger partial charge on any atom is 0.245 e. The summed E-state index contributed by atoms with van der Waals surface area (Å²) in [6, 6.07) is 8.41. The molecule has 0 unspecified atom stereocenters. The largest absolute Gasteiger partial charge is 0.375 e. The zero-order valence-corrected chi connectivity index (χ0v) is 15.9. The number of imidazole rings is 1. The first-order valence-corrected chi connectivity index (χ1v) is 9.97. The molecule has 1 heterocycles. The van der Waals surface area contributed by atoms with Gasteiger partial charge in [0.25, 0.3) is 0 Å². The molecule has 0 spiro atoms. The number of ether oxygens (including phenoxy) is 1. The summed E-state index contributed by atoms with van der Waals surface area (Å²) in [5, 5.41) is 2.89. The molecular formula is C21H31N3O2. The zero-order chi connectivity index (χ0) is 18.2. The molecule has 5 nitrogen and oxygen atoms in total. The molecule has 0 saturated heterocycles. The van der Waals surface area contributed by atoms with Gasteiger partial charge in [0.1, 0.15) is 12.4 Å². The van der Waals surface area contributed by atoms with Crippen LogP contribution in [-0.2, 0) is 22.5 Å². The number of amides is 1. The smallest absolute Gasteiger partial charge is 0.245 e. The predicted octanol–water partition coefficient (Wildman–Crippen LogP) is 3.70. The molecule has 1 aliphatic rings. The summed E-state index contributed by atoms with van der Waals surface area (Å²) >= 11 is 0. The number of fused-ring (bicyclic) bond motifs is 1. The molecule has 142 valence electrons. The van der Waals surface area contributed by atoms with Crippen molar-refractivity contribution in [2.24, 2.45) is 5.92 Å². The number of aryl methyl sites for hydroxylation is 2. The lowest BCUT2D eigenvalue weighted by molar-refractivity contribution is -0.124. The van der Waals surface area contributed by atoms with E-state index in [2.05, 4.69) is 34.1 Å². The molecule has 2 aromatic rings. The standard InChI is InChI=1S/C21H31N3O2/c1-26-16-21(25)22-14-7-12-20-23-18-10-5-6-11-19(18)24(20)15-13-17-8-3-2-4-9-17/h5-6,10-11,17H,2-4,7-9,12-16H2,1H3,(H,22,25).